The molecule has 0 saturated carbocycles. The summed E-state index contributed by atoms with van der Waals surface area (Å²) in [4.78, 5) is 14.7. The molecule has 0 atom stereocenters. The van der Waals surface area contributed by atoms with Crippen LogP contribution in [0.15, 0.2) is 17.6 Å². The van der Waals surface area contributed by atoms with Gasteiger partial charge in [0.1, 0.15) is 6.29 Å². The lowest BCUT2D eigenvalue weighted by Gasteiger charge is -1.96. The maximum Gasteiger partial charge on any atom is 0.150 e. The smallest absolute Gasteiger partial charge is 0.150 e. The van der Waals surface area contributed by atoms with Gasteiger partial charge in [-0.05, 0) is 24.6 Å². The number of carbonyl (C=O) groups excluding carboxylic acids is 1. The number of benzene rings is 1. The largest absolute Gasteiger partial charge is 0.298 e. The normalized spacial score (nSPS) is 10.4. The summed E-state index contributed by atoms with van der Waals surface area (Å²) in [5, 5.41) is 0. The molecule has 0 aliphatic carbocycles. The first-order valence-electron chi connectivity index (χ1n) is 3.60. The summed E-state index contributed by atoms with van der Waals surface area (Å²) in [5.41, 5.74) is 4.51. The number of aldehydes is 1. The zero-order valence-corrected chi connectivity index (χ0v) is 7.39. The van der Waals surface area contributed by atoms with E-state index in [4.69, 9.17) is 0 Å². The maximum absolute atomic E-state index is 10.6. The standard InChI is InChI=1S/C9H7NOS/c1-6-2-8-9(12-5-10-8)3-7(6)4-11/h2-5H,1H3. The maximum atomic E-state index is 10.6. The van der Waals surface area contributed by atoms with Gasteiger partial charge in [-0.15, -0.1) is 11.3 Å². The number of carbonyl (C=O) groups is 1. The minimum Gasteiger partial charge on any atom is -0.298 e. The number of hydrogen-bond acceptors (Lipinski definition) is 3. The fourth-order valence-electron chi connectivity index (χ4n) is 1.15. The van der Waals surface area contributed by atoms with Crippen molar-refractivity contribution < 1.29 is 4.79 Å². The van der Waals surface area contributed by atoms with Crippen LogP contribution in [0.5, 0.6) is 0 Å². The van der Waals surface area contributed by atoms with Crippen molar-refractivity contribution in [1.29, 1.82) is 0 Å². The number of rotatable bonds is 1. The van der Waals surface area contributed by atoms with Crippen molar-refractivity contribution in [2.75, 3.05) is 0 Å². The monoisotopic (exact) mass is 177 g/mol. The first kappa shape index (κ1) is 7.43. The summed E-state index contributed by atoms with van der Waals surface area (Å²) in [6.07, 6.45) is 0.883. The Morgan fingerprint density at radius 3 is 3.08 bits per heavy atom. The van der Waals surface area contributed by atoms with E-state index in [1.54, 1.807) is 16.8 Å². The number of hydrogen-bond donors (Lipinski definition) is 0. The molecule has 1 aromatic carbocycles. The van der Waals surface area contributed by atoms with E-state index >= 15 is 0 Å². The van der Waals surface area contributed by atoms with Crippen molar-refractivity contribution in [1.82, 2.24) is 4.98 Å². The Balaban J connectivity index is 2.81. The summed E-state index contributed by atoms with van der Waals surface area (Å²) in [7, 11) is 0. The van der Waals surface area contributed by atoms with Gasteiger partial charge in [0.2, 0.25) is 0 Å². The first-order valence-corrected chi connectivity index (χ1v) is 4.48. The Morgan fingerprint density at radius 1 is 1.50 bits per heavy atom. The van der Waals surface area contributed by atoms with E-state index in [1.807, 2.05) is 19.1 Å². The van der Waals surface area contributed by atoms with Crippen LogP contribution in [0.4, 0.5) is 0 Å². The molecule has 2 rings (SSSR count). The van der Waals surface area contributed by atoms with E-state index in [1.165, 1.54) is 0 Å². The Morgan fingerprint density at radius 2 is 2.33 bits per heavy atom. The lowest BCUT2D eigenvalue weighted by Crippen LogP contribution is -1.84. The highest BCUT2D eigenvalue weighted by atomic mass is 32.1. The van der Waals surface area contributed by atoms with Crippen LogP contribution in [0.1, 0.15) is 15.9 Å². The van der Waals surface area contributed by atoms with E-state index < -0.39 is 0 Å². The van der Waals surface area contributed by atoms with E-state index in [9.17, 15) is 4.79 Å². The number of thiazole rings is 1. The molecule has 0 bridgehead atoms. The molecule has 0 fully saturated rings. The quantitative estimate of drug-likeness (QED) is 0.626. The summed E-state index contributed by atoms with van der Waals surface area (Å²) in [6.45, 7) is 1.92. The Bertz CT molecular complexity index is 433. The zero-order chi connectivity index (χ0) is 8.55. The molecule has 12 heavy (non-hydrogen) atoms. The van der Waals surface area contributed by atoms with Crippen molar-refractivity contribution in [3.63, 3.8) is 0 Å². The van der Waals surface area contributed by atoms with Gasteiger partial charge in [-0.3, -0.25) is 4.79 Å². The van der Waals surface area contributed by atoms with Gasteiger partial charge in [0.25, 0.3) is 0 Å². The summed E-state index contributed by atoms with van der Waals surface area (Å²) >= 11 is 1.56. The third-order valence-corrected chi connectivity index (χ3v) is 2.64. The molecule has 0 aliphatic heterocycles. The highest BCUT2D eigenvalue weighted by molar-refractivity contribution is 7.16. The van der Waals surface area contributed by atoms with E-state index in [0.29, 0.717) is 0 Å². The predicted octanol–water partition coefficient (Wildman–Crippen LogP) is 2.42. The van der Waals surface area contributed by atoms with Gasteiger partial charge in [-0.1, -0.05) is 0 Å². The van der Waals surface area contributed by atoms with Crippen LogP contribution in [0, 0.1) is 6.92 Å². The number of aryl methyl sites for hydroxylation is 1. The highest BCUT2D eigenvalue weighted by Crippen LogP contribution is 2.20. The Kier molecular flexibility index (Phi) is 1.66. The average molecular weight is 177 g/mol. The molecular weight excluding hydrogens is 170 g/mol. The Labute approximate surface area is 73.9 Å². The van der Waals surface area contributed by atoms with Crippen molar-refractivity contribution in [2.45, 2.75) is 6.92 Å². The van der Waals surface area contributed by atoms with E-state index in [-0.39, 0.29) is 0 Å². The number of fused-ring (bicyclic) bond motifs is 1. The second-order valence-corrected chi connectivity index (χ2v) is 3.53. The minimum atomic E-state index is 0.756. The van der Waals surface area contributed by atoms with Gasteiger partial charge < -0.3 is 0 Å². The third kappa shape index (κ3) is 1.02. The predicted molar refractivity (Wildman–Crippen MR) is 49.7 cm³/mol. The van der Waals surface area contributed by atoms with Crippen LogP contribution in [0.25, 0.3) is 10.2 Å². The highest BCUT2D eigenvalue weighted by Gasteiger charge is 2.01. The first-order chi connectivity index (χ1) is 5.81. The molecule has 0 N–H and O–H groups in total. The van der Waals surface area contributed by atoms with Gasteiger partial charge in [-0.2, -0.15) is 0 Å². The molecule has 2 nitrogen and oxygen atoms in total. The molecule has 60 valence electrons. The van der Waals surface area contributed by atoms with Gasteiger partial charge >= 0.3 is 0 Å². The van der Waals surface area contributed by atoms with Crippen molar-refractivity contribution in [3.8, 4) is 0 Å². The fourth-order valence-corrected chi connectivity index (χ4v) is 1.86. The number of aromatic nitrogens is 1. The summed E-state index contributed by atoms with van der Waals surface area (Å²) in [6, 6.07) is 3.82. The summed E-state index contributed by atoms with van der Waals surface area (Å²) in [5.74, 6) is 0. The molecule has 2 aromatic rings. The minimum absolute atomic E-state index is 0.756. The molecule has 0 saturated heterocycles. The van der Waals surface area contributed by atoms with Crippen molar-refractivity contribution in [2.24, 2.45) is 0 Å². The molecule has 1 heterocycles. The lowest BCUT2D eigenvalue weighted by molar-refractivity contribution is 0.112. The van der Waals surface area contributed by atoms with Crippen molar-refractivity contribution >= 4 is 27.8 Å². The second kappa shape index (κ2) is 2.68. The molecule has 3 heteroatoms. The number of nitrogens with zero attached hydrogens (tertiary/aromatic N) is 1. The van der Waals surface area contributed by atoms with Crippen LogP contribution in [0.2, 0.25) is 0 Å². The average Bonchev–Trinajstić information content (AvgIpc) is 2.49. The van der Waals surface area contributed by atoms with Crippen LogP contribution in [-0.4, -0.2) is 11.3 Å². The van der Waals surface area contributed by atoms with E-state index in [2.05, 4.69) is 4.98 Å². The SMILES string of the molecule is Cc1cc2ncsc2cc1C=O. The van der Waals surface area contributed by atoms with E-state index in [0.717, 1.165) is 27.6 Å². The van der Waals surface area contributed by atoms with Crippen molar-refractivity contribution in [3.05, 3.63) is 28.8 Å². The second-order valence-electron chi connectivity index (χ2n) is 2.65. The lowest BCUT2D eigenvalue weighted by atomic mass is 10.1. The van der Waals surface area contributed by atoms with Gasteiger partial charge in [0.15, 0.2) is 0 Å². The molecule has 1 aromatic heterocycles. The third-order valence-electron chi connectivity index (χ3n) is 1.85. The molecule has 0 aliphatic rings. The van der Waals surface area contributed by atoms with Gasteiger partial charge in [0, 0.05) is 5.56 Å². The van der Waals surface area contributed by atoms with Crippen LogP contribution in [-0.2, 0) is 0 Å². The topological polar surface area (TPSA) is 30.0 Å². The van der Waals surface area contributed by atoms with Crippen LogP contribution in [0.3, 0.4) is 0 Å². The molecule has 0 unspecified atom stereocenters. The summed E-state index contributed by atoms with van der Waals surface area (Å²) < 4.78 is 1.07. The van der Waals surface area contributed by atoms with Crippen LogP contribution < -0.4 is 0 Å². The fraction of sp³-hybridized carbons (Fsp3) is 0.111. The van der Waals surface area contributed by atoms with Gasteiger partial charge in [0.05, 0.1) is 15.7 Å². The Hall–Kier alpha value is -1.22. The van der Waals surface area contributed by atoms with Crippen LogP contribution >= 0.6 is 11.3 Å². The molecule has 0 radical (unpaired) electrons. The molecular formula is C9H7NOS. The van der Waals surface area contributed by atoms with Gasteiger partial charge in [-0.25, -0.2) is 4.98 Å². The zero-order valence-electron chi connectivity index (χ0n) is 6.57. The molecule has 0 amide bonds. The molecule has 0 spiro atoms.